The molecule has 1 aliphatic rings. The van der Waals surface area contributed by atoms with Crippen molar-refractivity contribution in [1.29, 1.82) is 0 Å². The monoisotopic (exact) mass is 112 g/mol. The highest BCUT2D eigenvalue weighted by atomic mass is 16.5. The van der Waals surface area contributed by atoms with E-state index in [1.165, 1.54) is 0 Å². The van der Waals surface area contributed by atoms with Gasteiger partial charge < -0.3 is 4.74 Å². The molecule has 1 aliphatic heterocycles. The van der Waals surface area contributed by atoms with Crippen LogP contribution in [0.4, 0.5) is 0 Å². The fourth-order valence-electron chi connectivity index (χ4n) is 0.967. The van der Waals surface area contributed by atoms with Crippen LogP contribution < -0.4 is 0 Å². The molecule has 0 bridgehead atoms. The number of hydrogen-bond acceptors (Lipinski definition) is 1. The minimum atomic E-state index is 0.317. The molecule has 0 spiro atoms. The van der Waals surface area contributed by atoms with Gasteiger partial charge in [0.2, 0.25) is 0 Å². The third-order valence-corrected chi connectivity index (χ3v) is 1.71. The highest BCUT2D eigenvalue weighted by molar-refractivity contribution is 4.71. The van der Waals surface area contributed by atoms with E-state index in [1.54, 1.807) is 0 Å². The molecule has 8 heavy (non-hydrogen) atoms. The minimum absolute atomic E-state index is 0.317. The summed E-state index contributed by atoms with van der Waals surface area (Å²) in [4.78, 5) is 0. The van der Waals surface area contributed by atoms with Crippen molar-refractivity contribution in [1.82, 2.24) is 0 Å². The summed E-state index contributed by atoms with van der Waals surface area (Å²) in [6.07, 6.45) is 1.15. The van der Waals surface area contributed by atoms with Gasteiger partial charge in [-0.25, -0.2) is 0 Å². The summed E-state index contributed by atoms with van der Waals surface area (Å²) in [6.45, 7) is 9.44. The first-order chi connectivity index (χ1) is 3.80. The summed E-state index contributed by atoms with van der Waals surface area (Å²) in [5, 5.41) is 0. The SMILES string of the molecule is [CH]C(C)C1CCOC1. The Kier molecular flexibility index (Phi) is 1.90. The second-order valence-corrected chi connectivity index (χ2v) is 2.48. The van der Waals surface area contributed by atoms with Crippen LogP contribution in [0.3, 0.4) is 0 Å². The van der Waals surface area contributed by atoms with Crippen LogP contribution >= 0.6 is 0 Å². The molecule has 0 amide bonds. The lowest BCUT2D eigenvalue weighted by molar-refractivity contribution is 0.179. The van der Waals surface area contributed by atoms with Gasteiger partial charge in [-0.05, 0) is 25.2 Å². The zero-order chi connectivity index (χ0) is 5.98. The third-order valence-electron chi connectivity index (χ3n) is 1.71. The van der Waals surface area contributed by atoms with Crippen LogP contribution in [0.25, 0.3) is 0 Å². The van der Waals surface area contributed by atoms with E-state index in [0.29, 0.717) is 11.8 Å². The smallest absolute Gasteiger partial charge is 0.0497 e. The summed E-state index contributed by atoms with van der Waals surface area (Å²) >= 11 is 0. The fraction of sp³-hybridized carbons (Fsp3) is 0.857. The zero-order valence-corrected chi connectivity index (χ0v) is 5.26. The predicted molar refractivity (Wildman–Crippen MR) is 32.4 cm³/mol. The van der Waals surface area contributed by atoms with E-state index in [1.807, 2.05) is 6.92 Å². The molecule has 0 aliphatic carbocycles. The summed E-state index contributed by atoms with van der Waals surface area (Å²) in [7, 11) is 0. The maximum absolute atomic E-state index is 5.62. The third kappa shape index (κ3) is 1.22. The summed E-state index contributed by atoms with van der Waals surface area (Å²) < 4.78 is 5.14. The van der Waals surface area contributed by atoms with Crippen LogP contribution in [0.15, 0.2) is 0 Å². The molecule has 0 saturated carbocycles. The van der Waals surface area contributed by atoms with Gasteiger partial charge in [-0.3, -0.25) is 0 Å². The topological polar surface area (TPSA) is 9.23 Å². The Morgan fingerprint density at radius 3 is 2.75 bits per heavy atom. The van der Waals surface area contributed by atoms with Crippen LogP contribution in [-0.4, -0.2) is 13.2 Å². The average Bonchev–Trinajstić information content (AvgIpc) is 2.12. The maximum Gasteiger partial charge on any atom is 0.0497 e. The molecule has 1 fully saturated rings. The Labute approximate surface area is 51.0 Å². The second kappa shape index (κ2) is 2.49. The maximum atomic E-state index is 5.62. The number of hydrogen-bond donors (Lipinski definition) is 0. The molecule has 2 radical (unpaired) electrons. The first kappa shape index (κ1) is 6.09. The Morgan fingerprint density at radius 2 is 2.50 bits per heavy atom. The van der Waals surface area contributed by atoms with E-state index < -0.39 is 0 Å². The van der Waals surface area contributed by atoms with Gasteiger partial charge in [0.15, 0.2) is 0 Å². The van der Waals surface area contributed by atoms with Crippen molar-refractivity contribution in [3.05, 3.63) is 6.92 Å². The first-order valence-corrected chi connectivity index (χ1v) is 3.14. The van der Waals surface area contributed by atoms with E-state index in [9.17, 15) is 0 Å². The summed E-state index contributed by atoms with van der Waals surface area (Å²) in [5.41, 5.74) is 0. The first-order valence-electron chi connectivity index (χ1n) is 3.14. The molecular formula is C7H12O. The molecular weight excluding hydrogens is 100 g/mol. The highest BCUT2D eigenvalue weighted by Gasteiger charge is 2.18. The van der Waals surface area contributed by atoms with Gasteiger partial charge in [0, 0.05) is 13.2 Å². The quantitative estimate of drug-likeness (QED) is 0.498. The van der Waals surface area contributed by atoms with Crippen molar-refractivity contribution >= 4 is 0 Å². The Hall–Kier alpha value is -0.0400. The zero-order valence-electron chi connectivity index (χ0n) is 5.26. The predicted octanol–water partition coefficient (Wildman–Crippen LogP) is 1.37. The van der Waals surface area contributed by atoms with Crippen molar-refractivity contribution in [2.45, 2.75) is 13.3 Å². The highest BCUT2D eigenvalue weighted by Crippen LogP contribution is 2.19. The molecule has 0 aromatic carbocycles. The molecule has 0 aromatic heterocycles. The van der Waals surface area contributed by atoms with E-state index in [2.05, 4.69) is 0 Å². The molecule has 1 nitrogen and oxygen atoms in total. The molecule has 0 N–H and O–H groups in total. The fourth-order valence-corrected chi connectivity index (χ4v) is 0.967. The largest absolute Gasteiger partial charge is 0.381 e. The van der Waals surface area contributed by atoms with E-state index in [4.69, 9.17) is 11.7 Å². The van der Waals surface area contributed by atoms with E-state index >= 15 is 0 Å². The van der Waals surface area contributed by atoms with Crippen LogP contribution in [-0.2, 0) is 4.74 Å². The number of ether oxygens (including phenoxy) is 1. The van der Waals surface area contributed by atoms with Gasteiger partial charge >= 0.3 is 0 Å². The Morgan fingerprint density at radius 1 is 1.75 bits per heavy atom. The van der Waals surface area contributed by atoms with Gasteiger partial charge in [0.25, 0.3) is 0 Å². The molecule has 1 heterocycles. The van der Waals surface area contributed by atoms with Crippen LogP contribution in [0.2, 0.25) is 0 Å². The van der Waals surface area contributed by atoms with Gasteiger partial charge in [-0.15, -0.1) is 0 Å². The molecule has 1 saturated heterocycles. The minimum Gasteiger partial charge on any atom is -0.381 e. The molecule has 2 unspecified atom stereocenters. The van der Waals surface area contributed by atoms with Crippen LogP contribution in [0, 0.1) is 18.8 Å². The van der Waals surface area contributed by atoms with Crippen LogP contribution in [0.5, 0.6) is 0 Å². The van der Waals surface area contributed by atoms with Gasteiger partial charge in [0.1, 0.15) is 0 Å². The Balaban J connectivity index is 2.24. The van der Waals surface area contributed by atoms with Crippen molar-refractivity contribution in [2.24, 2.45) is 11.8 Å². The molecule has 2 atom stereocenters. The lowest BCUT2D eigenvalue weighted by Gasteiger charge is -2.09. The lowest BCUT2D eigenvalue weighted by Crippen LogP contribution is -2.07. The van der Waals surface area contributed by atoms with Crippen LogP contribution in [0.1, 0.15) is 13.3 Å². The Bertz CT molecular complexity index is 62.8. The van der Waals surface area contributed by atoms with Gasteiger partial charge in [-0.1, -0.05) is 6.92 Å². The van der Waals surface area contributed by atoms with Crippen molar-refractivity contribution in [2.75, 3.05) is 13.2 Å². The van der Waals surface area contributed by atoms with E-state index in [-0.39, 0.29) is 0 Å². The standard InChI is InChI=1S/C7H12O/c1-6(2)7-3-4-8-5-7/h1,6-7H,3-5H2,2H3. The lowest BCUT2D eigenvalue weighted by atomic mass is 9.96. The molecule has 1 rings (SSSR count). The average molecular weight is 112 g/mol. The second-order valence-electron chi connectivity index (χ2n) is 2.48. The van der Waals surface area contributed by atoms with Gasteiger partial charge in [0.05, 0.1) is 0 Å². The van der Waals surface area contributed by atoms with Crippen molar-refractivity contribution in [3.63, 3.8) is 0 Å². The molecule has 1 heteroatoms. The summed E-state index contributed by atoms with van der Waals surface area (Å²) in [5.74, 6) is 0.937. The van der Waals surface area contributed by atoms with Crippen molar-refractivity contribution in [3.8, 4) is 0 Å². The summed E-state index contributed by atoms with van der Waals surface area (Å²) in [6, 6.07) is 0. The normalized spacial score (nSPS) is 29.6. The van der Waals surface area contributed by atoms with E-state index in [0.717, 1.165) is 19.6 Å². The molecule has 46 valence electrons. The number of rotatable bonds is 1. The molecule has 0 aromatic rings. The van der Waals surface area contributed by atoms with Crippen molar-refractivity contribution < 1.29 is 4.74 Å². The van der Waals surface area contributed by atoms with Gasteiger partial charge in [-0.2, -0.15) is 0 Å².